The highest BCUT2D eigenvalue weighted by Gasteiger charge is 2.26. The van der Waals surface area contributed by atoms with Gasteiger partial charge in [-0.25, -0.2) is 9.97 Å². The number of carbonyl (C=O) groups is 1. The number of nitrogens with zero attached hydrogens (tertiary/aromatic N) is 5. The summed E-state index contributed by atoms with van der Waals surface area (Å²) < 4.78 is 0. The van der Waals surface area contributed by atoms with Crippen LogP contribution in [0.1, 0.15) is 33.2 Å². The first-order valence-corrected chi connectivity index (χ1v) is 10.2. The van der Waals surface area contributed by atoms with Gasteiger partial charge in [-0.3, -0.25) is 9.69 Å². The highest BCUT2D eigenvalue weighted by atomic mass is 32.1. The van der Waals surface area contributed by atoms with Crippen molar-refractivity contribution in [1.82, 2.24) is 19.8 Å². The summed E-state index contributed by atoms with van der Waals surface area (Å²) in [6, 6.07) is 5.95. The normalized spacial score (nSPS) is 18.5. The highest BCUT2D eigenvalue weighted by molar-refractivity contribution is 7.13. The fourth-order valence-electron chi connectivity index (χ4n) is 3.67. The third-order valence-electron chi connectivity index (χ3n) is 5.13. The van der Waals surface area contributed by atoms with Gasteiger partial charge in [-0.1, -0.05) is 6.07 Å². The Balaban J connectivity index is 1.38. The van der Waals surface area contributed by atoms with E-state index in [-0.39, 0.29) is 5.91 Å². The SMILES string of the molecule is Cc1nc(CN2CCCC2)sc1C(=O)N1CCN(c2ccccn2)CC1. The van der Waals surface area contributed by atoms with Crippen LogP contribution in [0.25, 0.3) is 0 Å². The molecule has 0 N–H and O–H groups in total. The molecule has 4 rings (SSSR count). The molecule has 2 aliphatic rings. The van der Waals surface area contributed by atoms with Crippen molar-refractivity contribution in [1.29, 1.82) is 0 Å². The van der Waals surface area contributed by atoms with E-state index < -0.39 is 0 Å². The average Bonchev–Trinajstić information content (AvgIpc) is 3.32. The number of pyridine rings is 1. The molecule has 2 fully saturated rings. The highest BCUT2D eigenvalue weighted by Crippen LogP contribution is 2.24. The van der Waals surface area contributed by atoms with Crippen LogP contribution in [0.5, 0.6) is 0 Å². The van der Waals surface area contributed by atoms with Crippen LogP contribution in [0.4, 0.5) is 5.82 Å². The van der Waals surface area contributed by atoms with Crippen molar-refractivity contribution in [3.8, 4) is 0 Å². The van der Waals surface area contributed by atoms with Gasteiger partial charge in [-0.05, 0) is 45.0 Å². The Bertz CT molecular complexity index is 749. The molecular weight excluding hydrogens is 346 g/mol. The number of rotatable bonds is 4. The zero-order chi connectivity index (χ0) is 17.9. The summed E-state index contributed by atoms with van der Waals surface area (Å²) in [5.41, 5.74) is 0.876. The molecule has 26 heavy (non-hydrogen) atoms. The fourth-order valence-corrected chi connectivity index (χ4v) is 4.75. The summed E-state index contributed by atoms with van der Waals surface area (Å²) >= 11 is 1.58. The minimum atomic E-state index is 0.133. The van der Waals surface area contributed by atoms with Crippen molar-refractivity contribution in [3.05, 3.63) is 40.0 Å². The molecule has 0 bridgehead atoms. The van der Waals surface area contributed by atoms with Gasteiger partial charge in [0.2, 0.25) is 0 Å². The van der Waals surface area contributed by atoms with Gasteiger partial charge in [-0.2, -0.15) is 0 Å². The molecule has 6 nitrogen and oxygen atoms in total. The Morgan fingerprint density at radius 2 is 1.88 bits per heavy atom. The summed E-state index contributed by atoms with van der Waals surface area (Å²) in [5.74, 6) is 1.12. The van der Waals surface area contributed by atoms with E-state index in [9.17, 15) is 4.79 Å². The van der Waals surface area contributed by atoms with E-state index >= 15 is 0 Å². The largest absolute Gasteiger partial charge is 0.353 e. The number of hydrogen-bond acceptors (Lipinski definition) is 6. The maximum atomic E-state index is 13.0. The lowest BCUT2D eigenvalue weighted by Crippen LogP contribution is -2.49. The number of hydrogen-bond donors (Lipinski definition) is 0. The smallest absolute Gasteiger partial charge is 0.265 e. The maximum Gasteiger partial charge on any atom is 0.265 e. The third kappa shape index (κ3) is 3.73. The lowest BCUT2D eigenvalue weighted by atomic mass is 10.2. The molecule has 0 spiro atoms. The Morgan fingerprint density at radius 3 is 2.58 bits per heavy atom. The first-order chi connectivity index (χ1) is 12.7. The Hall–Kier alpha value is -1.99. The van der Waals surface area contributed by atoms with Crippen molar-refractivity contribution in [2.45, 2.75) is 26.3 Å². The quantitative estimate of drug-likeness (QED) is 0.826. The zero-order valence-corrected chi connectivity index (χ0v) is 16.0. The molecule has 0 unspecified atom stereocenters. The van der Waals surface area contributed by atoms with Crippen LogP contribution in [0, 0.1) is 6.92 Å². The van der Waals surface area contributed by atoms with Crippen LogP contribution >= 0.6 is 11.3 Å². The van der Waals surface area contributed by atoms with Gasteiger partial charge in [0.15, 0.2) is 0 Å². The number of thiazole rings is 1. The number of likely N-dealkylation sites (tertiary alicyclic amines) is 1. The first-order valence-electron chi connectivity index (χ1n) is 9.34. The topological polar surface area (TPSA) is 52.6 Å². The van der Waals surface area contributed by atoms with E-state index in [1.807, 2.05) is 36.2 Å². The molecule has 0 atom stereocenters. The van der Waals surface area contributed by atoms with Crippen LogP contribution in [-0.2, 0) is 6.54 Å². The van der Waals surface area contributed by atoms with Crippen molar-refractivity contribution < 1.29 is 4.79 Å². The van der Waals surface area contributed by atoms with E-state index in [1.165, 1.54) is 12.8 Å². The predicted molar refractivity (Wildman–Crippen MR) is 104 cm³/mol. The summed E-state index contributed by atoms with van der Waals surface area (Å²) in [7, 11) is 0. The van der Waals surface area contributed by atoms with Gasteiger partial charge in [-0.15, -0.1) is 11.3 Å². The van der Waals surface area contributed by atoms with E-state index in [0.717, 1.165) is 67.2 Å². The van der Waals surface area contributed by atoms with Gasteiger partial charge in [0.1, 0.15) is 15.7 Å². The second-order valence-corrected chi connectivity index (χ2v) is 8.06. The summed E-state index contributed by atoms with van der Waals surface area (Å²) in [5, 5.41) is 1.07. The molecule has 138 valence electrons. The zero-order valence-electron chi connectivity index (χ0n) is 15.2. The lowest BCUT2D eigenvalue weighted by Gasteiger charge is -2.35. The van der Waals surface area contributed by atoms with Crippen LogP contribution in [0.15, 0.2) is 24.4 Å². The Labute approximate surface area is 158 Å². The van der Waals surface area contributed by atoms with E-state index in [0.29, 0.717) is 0 Å². The standard InChI is InChI=1S/C19H25N5OS/c1-15-18(26-17(21-15)14-22-8-4-5-9-22)19(25)24-12-10-23(11-13-24)16-6-2-3-7-20-16/h2-3,6-7H,4-5,8-14H2,1H3. The molecule has 1 amide bonds. The van der Waals surface area contributed by atoms with Crippen LogP contribution in [0.2, 0.25) is 0 Å². The molecule has 2 aromatic heterocycles. The molecule has 2 saturated heterocycles. The van der Waals surface area contributed by atoms with Gasteiger partial charge >= 0.3 is 0 Å². The van der Waals surface area contributed by atoms with Crippen LogP contribution in [0.3, 0.4) is 0 Å². The molecule has 0 saturated carbocycles. The number of aromatic nitrogens is 2. The number of anilines is 1. The van der Waals surface area contributed by atoms with Crippen molar-refractivity contribution in [2.75, 3.05) is 44.2 Å². The van der Waals surface area contributed by atoms with Gasteiger partial charge in [0.05, 0.1) is 12.2 Å². The summed E-state index contributed by atoms with van der Waals surface area (Å²) in [4.78, 5) is 29.5. The number of carbonyl (C=O) groups excluding carboxylic acids is 1. The van der Waals surface area contributed by atoms with Crippen LogP contribution < -0.4 is 4.90 Å². The van der Waals surface area contributed by atoms with E-state index in [4.69, 9.17) is 0 Å². The van der Waals surface area contributed by atoms with E-state index in [1.54, 1.807) is 11.3 Å². The Morgan fingerprint density at radius 1 is 1.12 bits per heavy atom. The van der Waals surface area contributed by atoms with Crippen LogP contribution in [-0.4, -0.2) is 64.9 Å². The first kappa shape index (κ1) is 17.4. The second kappa shape index (κ2) is 7.72. The fraction of sp³-hybridized carbons (Fsp3) is 0.526. The van der Waals surface area contributed by atoms with Gasteiger partial charge in [0.25, 0.3) is 5.91 Å². The van der Waals surface area contributed by atoms with Gasteiger partial charge in [0, 0.05) is 32.4 Å². The lowest BCUT2D eigenvalue weighted by molar-refractivity contribution is 0.0750. The number of amides is 1. The van der Waals surface area contributed by atoms with E-state index in [2.05, 4.69) is 19.8 Å². The summed E-state index contributed by atoms with van der Waals surface area (Å²) in [6.45, 7) is 8.24. The predicted octanol–water partition coefficient (Wildman–Crippen LogP) is 2.40. The molecule has 0 radical (unpaired) electrons. The van der Waals surface area contributed by atoms with Crippen molar-refractivity contribution in [2.24, 2.45) is 0 Å². The maximum absolute atomic E-state index is 13.0. The molecule has 0 aliphatic carbocycles. The molecule has 7 heteroatoms. The molecule has 2 aliphatic heterocycles. The number of aryl methyl sites for hydroxylation is 1. The monoisotopic (exact) mass is 371 g/mol. The van der Waals surface area contributed by atoms with Crippen molar-refractivity contribution in [3.63, 3.8) is 0 Å². The second-order valence-electron chi connectivity index (χ2n) is 6.97. The molecule has 2 aromatic rings. The average molecular weight is 372 g/mol. The third-order valence-corrected chi connectivity index (χ3v) is 6.26. The minimum absolute atomic E-state index is 0.133. The minimum Gasteiger partial charge on any atom is -0.353 e. The van der Waals surface area contributed by atoms with Crippen molar-refractivity contribution >= 4 is 23.1 Å². The molecule has 4 heterocycles. The molecular formula is C19H25N5OS. The Kier molecular flexibility index (Phi) is 5.17. The van der Waals surface area contributed by atoms with Gasteiger partial charge < -0.3 is 9.80 Å². The summed E-state index contributed by atoms with van der Waals surface area (Å²) in [6.07, 6.45) is 4.36. The molecule has 0 aromatic carbocycles. The number of piperazine rings is 1.